The van der Waals surface area contributed by atoms with Gasteiger partial charge in [-0.05, 0) is 177 Å². The average molecular weight is 979 g/mol. The Hall–Kier alpha value is -6.24. The fraction of sp³-hybridized carbons (Fsp3) is 0.467. The molecule has 3 aliphatic carbocycles. The van der Waals surface area contributed by atoms with E-state index in [1.165, 1.54) is 12.2 Å². The van der Waals surface area contributed by atoms with E-state index in [2.05, 4.69) is 13.8 Å². The zero-order chi connectivity index (χ0) is 50.3. The minimum atomic E-state index is -0.849. The first kappa shape index (κ1) is 50.7. The number of rotatable bonds is 16. The third kappa shape index (κ3) is 11.2. The molecule has 380 valence electrons. The molecule has 4 atom stereocenters. The highest BCUT2D eigenvalue weighted by Gasteiger charge is 2.58. The number of ether oxygens (including phenoxy) is 6. The van der Waals surface area contributed by atoms with Crippen LogP contribution in [0.2, 0.25) is 0 Å². The summed E-state index contributed by atoms with van der Waals surface area (Å²) in [6, 6.07) is 29.3. The van der Waals surface area contributed by atoms with Gasteiger partial charge in [0.25, 0.3) is 0 Å². The van der Waals surface area contributed by atoms with Gasteiger partial charge in [0.15, 0.2) is 0 Å². The van der Waals surface area contributed by atoms with Crippen LogP contribution in [0, 0.1) is 29.1 Å². The molecule has 0 aromatic heterocycles. The summed E-state index contributed by atoms with van der Waals surface area (Å²) in [4.78, 5) is 53.4. The molecule has 0 bridgehead atoms. The van der Waals surface area contributed by atoms with Crippen molar-refractivity contribution < 1.29 is 47.6 Å². The number of hydrogen-bond donors (Lipinski definition) is 2. The van der Waals surface area contributed by atoms with Crippen LogP contribution in [-0.4, -0.2) is 61.5 Å². The second-order valence-corrected chi connectivity index (χ2v) is 20.9. The number of anilines is 2. The molecule has 4 N–H and O–H groups in total. The number of nitrogens with two attached hydrogens (primary N) is 2. The molecule has 2 saturated heterocycles. The second-order valence-electron chi connectivity index (χ2n) is 20.9. The van der Waals surface area contributed by atoms with E-state index in [0.29, 0.717) is 41.1 Å². The normalized spacial score (nSPS) is 29.0. The van der Waals surface area contributed by atoms with Crippen LogP contribution in [-0.2, 0) is 38.1 Å². The molecular weight excluding hydrogens is 909 g/mol. The van der Waals surface area contributed by atoms with E-state index in [1.807, 2.05) is 48.5 Å². The molecular formula is C60H70N2O10. The molecule has 2 aliphatic heterocycles. The minimum Gasteiger partial charge on any atom is -0.462 e. The number of hydrogen-bond acceptors (Lipinski definition) is 12. The first-order valence-electron chi connectivity index (χ1n) is 26.2. The number of benzene rings is 4. The summed E-state index contributed by atoms with van der Waals surface area (Å²) in [6.07, 6.45) is 17.7. The number of esters is 4. The van der Waals surface area contributed by atoms with Crippen LogP contribution in [0.3, 0.4) is 0 Å². The Morgan fingerprint density at radius 1 is 0.542 bits per heavy atom. The van der Waals surface area contributed by atoms with E-state index in [1.54, 1.807) is 60.7 Å². The van der Waals surface area contributed by atoms with Gasteiger partial charge in [0.1, 0.15) is 24.7 Å². The molecule has 4 aromatic carbocycles. The van der Waals surface area contributed by atoms with Gasteiger partial charge in [0, 0.05) is 36.7 Å². The van der Waals surface area contributed by atoms with E-state index < -0.39 is 17.4 Å². The van der Waals surface area contributed by atoms with Crippen LogP contribution in [0.1, 0.15) is 131 Å². The highest BCUT2D eigenvalue weighted by molar-refractivity contribution is 5.88. The van der Waals surface area contributed by atoms with Gasteiger partial charge >= 0.3 is 23.9 Å². The fourth-order valence-electron chi connectivity index (χ4n) is 12.7. The van der Waals surface area contributed by atoms with E-state index in [9.17, 15) is 19.2 Å². The standard InChI is InChI=1S/C60H70N2O10/c1-3-46-29-35-69-59(46)31-25-44(26-32-59)56(65)71-50-19-5-40(6-20-50)9-23-54(63)67-38-58(52(42-11-15-48(61)16-12-42)37-53(58)43-13-17-49(62)18-14-43)39-68-55(64)24-10-41-7-21-51(22-8-41)72-57(66)45-27-33-60(34-28-45)47(4-2)30-36-70-60/h5-24,44-47,52-53H,3-4,25-39,61-62H2,1-2H3/b23-9+,24-10+. The lowest BCUT2D eigenvalue weighted by molar-refractivity contribution is -0.158. The maximum Gasteiger partial charge on any atom is 0.330 e. The molecule has 2 heterocycles. The summed E-state index contributed by atoms with van der Waals surface area (Å²) >= 11 is 0. The number of carbonyl (C=O) groups is 4. The van der Waals surface area contributed by atoms with Gasteiger partial charge in [-0.3, -0.25) is 9.59 Å². The summed E-state index contributed by atoms with van der Waals surface area (Å²) in [7, 11) is 0. The summed E-state index contributed by atoms with van der Waals surface area (Å²) in [5, 5.41) is 0. The van der Waals surface area contributed by atoms with Gasteiger partial charge in [-0.25, -0.2) is 9.59 Å². The van der Waals surface area contributed by atoms with E-state index in [0.717, 1.165) is 113 Å². The Kier molecular flexibility index (Phi) is 15.7. The van der Waals surface area contributed by atoms with Gasteiger partial charge in [-0.1, -0.05) is 75.2 Å². The van der Waals surface area contributed by atoms with Crippen molar-refractivity contribution in [1.29, 1.82) is 0 Å². The van der Waals surface area contributed by atoms with Crippen molar-refractivity contribution in [3.63, 3.8) is 0 Å². The van der Waals surface area contributed by atoms with Gasteiger partial charge < -0.3 is 39.9 Å². The summed E-state index contributed by atoms with van der Waals surface area (Å²) in [6.45, 7) is 5.95. The molecule has 9 rings (SSSR count). The van der Waals surface area contributed by atoms with E-state index in [-0.39, 0.29) is 60.0 Å². The van der Waals surface area contributed by atoms with Crippen molar-refractivity contribution in [2.24, 2.45) is 29.1 Å². The third-order valence-electron chi connectivity index (χ3n) is 17.0. The smallest absolute Gasteiger partial charge is 0.330 e. The maximum atomic E-state index is 13.6. The Morgan fingerprint density at radius 2 is 0.917 bits per heavy atom. The lowest BCUT2D eigenvalue weighted by Gasteiger charge is -2.55. The maximum absolute atomic E-state index is 13.6. The summed E-state index contributed by atoms with van der Waals surface area (Å²) < 4.78 is 36.2. The van der Waals surface area contributed by atoms with E-state index in [4.69, 9.17) is 39.9 Å². The van der Waals surface area contributed by atoms with Gasteiger partial charge in [0.2, 0.25) is 0 Å². The molecule has 4 unspecified atom stereocenters. The largest absolute Gasteiger partial charge is 0.462 e. The SMILES string of the molecule is CCC1CCOC12CCC(C(=O)Oc1ccc(/C=C/C(=O)OCC3(COC(=O)/C=C/c4ccc(OC(=O)C5CCC6(CC5)OCCC6CC)cc4)C(c4ccc(N)cc4)CC3c3ccc(N)cc3)cc1)CC2. The van der Waals surface area contributed by atoms with E-state index >= 15 is 0 Å². The van der Waals surface area contributed by atoms with Crippen LogP contribution >= 0.6 is 0 Å². The monoisotopic (exact) mass is 979 g/mol. The first-order valence-corrected chi connectivity index (χ1v) is 26.2. The van der Waals surface area contributed by atoms with Crippen molar-refractivity contribution in [2.45, 2.75) is 120 Å². The quantitative estimate of drug-likeness (QED) is 0.0471. The molecule has 5 fully saturated rings. The van der Waals surface area contributed by atoms with Crippen molar-refractivity contribution in [1.82, 2.24) is 0 Å². The van der Waals surface area contributed by atoms with Crippen molar-refractivity contribution in [3.05, 3.63) is 131 Å². The number of nitrogen functional groups attached to an aromatic ring is 2. The molecule has 2 spiro atoms. The Balaban J connectivity index is 0.825. The van der Waals surface area contributed by atoms with Crippen molar-refractivity contribution in [3.8, 4) is 11.5 Å². The average Bonchev–Trinajstić information content (AvgIpc) is 3.99. The molecule has 72 heavy (non-hydrogen) atoms. The van der Waals surface area contributed by atoms with Crippen molar-refractivity contribution >= 4 is 47.4 Å². The molecule has 12 nitrogen and oxygen atoms in total. The molecule has 5 aliphatic rings. The predicted molar refractivity (Wildman–Crippen MR) is 276 cm³/mol. The molecule has 3 saturated carbocycles. The zero-order valence-corrected chi connectivity index (χ0v) is 41.8. The van der Waals surface area contributed by atoms with Crippen LogP contribution in [0.25, 0.3) is 12.2 Å². The molecule has 4 aromatic rings. The van der Waals surface area contributed by atoms with Crippen LogP contribution < -0.4 is 20.9 Å². The van der Waals surface area contributed by atoms with Gasteiger partial charge in [0.05, 0.1) is 28.5 Å². The lowest BCUT2D eigenvalue weighted by Crippen LogP contribution is -2.53. The van der Waals surface area contributed by atoms with Crippen LogP contribution in [0.15, 0.2) is 109 Å². The Bertz CT molecular complexity index is 2390. The Morgan fingerprint density at radius 3 is 1.28 bits per heavy atom. The van der Waals surface area contributed by atoms with Crippen LogP contribution in [0.4, 0.5) is 11.4 Å². The van der Waals surface area contributed by atoms with Gasteiger partial charge in [-0.15, -0.1) is 0 Å². The lowest BCUT2D eigenvalue weighted by atomic mass is 9.49. The highest BCUT2D eigenvalue weighted by atomic mass is 16.6. The molecule has 12 heteroatoms. The van der Waals surface area contributed by atoms with Crippen LogP contribution in [0.5, 0.6) is 11.5 Å². The van der Waals surface area contributed by atoms with Gasteiger partial charge in [-0.2, -0.15) is 0 Å². The number of carbonyl (C=O) groups excluding carboxylic acids is 4. The molecule has 0 amide bonds. The second kappa shape index (κ2) is 22.3. The molecule has 0 radical (unpaired) electrons. The van der Waals surface area contributed by atoms with Crippen molar-refractivity contribution in [2.75, 3.05) is 37.9 Å². The first-order chi connectivity index (χ1) is 34.9. The summed E-state index contributed by atoms with van der Waals surface area (Å²) in [5.74, 6) is -0.174. The Labute approximate surface area is 423 Å². The highest BCUT2D eigenvalue weighted by Crippen LogP contribution is 2.62. The predicted octanol–water partition coefficient (Wildman–Crippen LogP) is 11.2. The fourth-order valence-corrected chi connectivity index (χ4v) is 12.7. The third-order valence-corrected chi connectivity index (χ3v) is 17.0. The summed E-state index contributed by atoms with van der Waals surface area (Å²) in [5.41, 5.74) is 15.8. The zero-order valence-electron chi connectivity index (χ0n) is 41.8. The minimum absolute atomic E-state index is 0.0470. The topological polar surface area (TPSA) is 176 Å².